The SMILES string of the molecule is CCCCCCCOc1ccc(C(=O)OC(C)=CC=C(C)CN(CC(=O)O)C(=O)c2ccc(NC(=O)c3ccno3)cc2)cc1. The molecule has 0 bridgehead atoms. The van der Waals surface area contributed by atoms with E-state index in [1.807, 2.05) is 0 Å². The number of benzene rings is 2. The van der Waals surface area contributed by atoms with Crippen LogP contribution in [0.1, 0.15) is 84.1 Å². The second-order valence-electron chi connectivity index (χ2n) is 10.4. The molecule has 0 saturated heterocycles. The molecule has 0 fully saturated rings. The number of nitrogens with one attached hydrogen (secondary N) is 1. The summed E-state index contributed by atoms with van der Waals surface area (Å²) in [7, 11) is 0. The molecule has 0 saturated carbocycles. The van der Waals surface area contributed by atoms with Gasteiger partial charge in [0.15, 0.2) is 0 Å². The molecule has 3 aromatic rings. The van der Waals surface area contributed by atoms with Crippen LogP contribution >= 0.6 is 0 Å². The first-order chi connectivity index (χ1) is 21.7. The van der Waals surface area contributed by atoms with Crippen molar-refractivity contribution in [2.75, 3.05) is 25.0 Å². The number of ether oxygens (including phenoxy) is 2. The van der Waals surface area contributed by atoms with Gasteiger partial charge in [0.25, 0.3) is 11.8 Å². The minimum Gasteiger partial charge on any atom is -0.494 e. The summed E-state index contributed by atoms with van der Waals surface area (Å²) in [6.45, 7) is 5.67. The molecule has 1 heterocycles. The van der Waals surface area contributed by atoms with Gasteiger partial charge in [-0.2, -0.15) is 0 Å². The maximum absolute atomic E-state index is 13.1. The number of allylic oxidation sites excluding steroid dienone is 3. The van der Waals surface area contributed by atoms with Gasteiger partial charge < -0.3 is 29.3 Å². The van der Waals surface area contributed by atoms with Gasteiger partial charge in [0.1, 0.15) is 18.1 Å². The number of aliphatic carboxylic acids is 1. The van der Waals surface area contributed by atoms with Crippen molar-refractivity contribution < 1.29 is 38.3 Å². The Bertz CT molecular complexity index is 1480. The first-order valence-electron chi connectivity index (χ1n) is 14.8. The first kappa shape index (κ1) is 34.3. The quantitative estimate of drug-likeness (QED) is 0.0748. The zero-order valence-corrected chi connectivity index (χ0v) is 25.8. The van der Waals surface area contributed by atoms with Crippen molar-refractivity contribution in [3.63, 3.8) is 0 Å². The molecule has 2 N–H and O–H groups in total. The number of amides is 2. The van der Waals surface area contributed by atoms with Crippen molar-refractivity contribution in [1.82, 2.24) is 10.1 Å². The Labute approximate surface area is 262 Å². The molecule has 0 unspecified atom stereocenters. The lowest BCUT2D eigenvalue weighted by Crippen LogP contribution is -2.36. The molecule has 2 amide bonds. The predicted molar refractivity (Wildman–Crippen MR) is 168 cm³/mol. The van der Waals surface area contributed by atoms with E-state index in [9.17, 15) is 24.3 Å². The summed E-state index contributed by atoms with van der Waals surface area (Å²) in [6, 6.07) is 14.2. The van der Waals surface area contributed by atoms with Crippen LogP contribution in [0.3, 0.4) is 0 Å². The molecule has 0 aliphatic carbocycles. The number of carboxylic acid groups (broad SMARTS) is 1. The highest BCUT2D eigenvalue weighted by Gasteiger charge is 2.19. The Morgan fingerprint density at radius 3 is 2.22 bits per heavy atom. The first-order valence-corrected chi connectivity index (χ1v) is 14.8. The van der Waals surface area contributed by atoms with Crippen LogP contribution in [0, 0.1) is 0 Å². The largest absolute Gasteiger partial charge is 0.494 e. The Kier molecular flexibility index (Phi) is 13.6. The molecule has 3 rings (SSSR count). The van der Waals surface area contributed by atoms with Crippen LogP contribution in [0.4, 0.5) is 5.69 Å². The summed E-state index contributed by atoms with van der Waals surface area (Å²) < 4.78 is 16.0. The molecule has 11 heteroatoms. The monoisotopic (exact) mass is 617 g/mol. The molecule has 11 nitrogen and oxygen atoms in total. The third kappa shape index (κ3) is 11.8. The summed E-state index contributed by atoms with van der Waals surface area (Å²) in [5.74, 6) is -1.65. The molecule has 2 aromatic carbocycles. The molecule has 45 heavy (non-hydrogen) atoms. The normalized spacial score (nSPS) is 11.5. The Hall–Kier alpha value is -5.19. The highest BCUT2D eigenvalue weighted by Crippen LogP contribution is 2.17. The van der Waals surface area contributed by atoms with Gasteiger partial charge in [0.05, 0.1) is 18.4 Å². The lowest BCUT2D eigenvalue weighted by Gasteiger charge is -2.21. The van der Waals surface area contributed by atoms with Crippen LogP contribution in [0.5, 0.6) is 5.75 Å². The van der Waals surface area contributed by atoms with Crippen LogP contribution in [0.2, 0.25) is 0 Å². The summed E-state index contributed by atoms with van der Waals surface area (Å²) in [5, 5.41) is 15.5. The van der Waals surface area contributed by atoms with E-state index in [1.165, 1.54) is 60.7 Å². The molecule has 0 atom stereocenters. The average molecular weight is 618 g/mol. The fraction of sp³-hybridized carbons (Fsp3) is 0.324. The topological polar surface area (TPSA) is 148 Å². The molecule has 0 spiro atoms. The van der Waals surface area contributed by atoms with E-state index in [2.05, 4.69) is 17.4 Å². The number of aromatic nitrogens is 1. The molecule has 0 aliphatic heterocycles. The molecule has 0 radical (unpaired) electrons. The Morgan fingerprint density at radius 2 is 1.58 bits per heavy atom. The number of anilines is 1. The maximum Gasteiger partial charge on any atom is 0.343 e. The van der Waals surface area contributed by atoms with E-state index >= 15 is 0 Å². The lowest BCUT2D eigenvalue weighted by molar-refractivity contribution is -0.137. The van der Waals surface area contributed by atoms with E-state index in [4.69, 9.17) is 14.0 Å². The minimum absolute atomic E-state index is 0.0207. The van der Waals surface area contributed by atoms with Gasteiger partial charge in [-0.25, -0.2) is 4.79 Å². The van der Waals surface area contributed by atoms with Crippen LogP contribution in [0.25, 0.3) is 0 Å². The van der Waals surface area contributed by atoms with E-state index < -0.39 is 30.3 Å². The number of nitrogens with zero attached hydrogens (tertiary/aromatic N) is 2. The minimum atomic E-state index is -1.17. The fourth-order valence-corrected chi connectivity index (χ4v) is 4.20. The van der Waals surface area contributed by atoms with Crippen LogP contribution in [-0.2, 0) is 9.53 Å². The average Bonchev–Trinajstić information content (AvgIpc) is 3.57. The fourth-order valence-electron chi connectivity index (χ4n) is 4.20. The van der Waals surface area contributed by atoms with E-state index in [1.54, 1.807) is 50.3 Å². The number of carboxylic acids is 1. The van der Waals surface area contributed by atoms with Gasteiger partial charge in [-0.15, -0.1) is 0 Å². The summed E-state index contributed by atoms with van der Waals surface area (Å²) in [6.07, 6.45) is 10.3. The van der Waals surface area contributed by atoms with Crippen molar-refractivity contribution in [3.05, 3.63) is 101 Å². The number of esters is 1. The third-order valence-corrected chi connectivity index (χ3v) is 6.57. The van der Waals surface area contributed by atoms with E-state index in [-0.39, 0.29) is 17.9 Å². The van der Waals surface area contributed by atoms with Crippen molar-refractivity contribution in [2.45, 2.75) is 52.9 Å². The molecule has 1 aromatic heterocycles. The van der Waals surface area contributed by atoms with Gasteiger partial charge >= 0.3 is 11.9 Å². The van der Waals surface area contributed by atoms with Gasteiger partial charge in [0.2, 0.25) is 5.76 Å². The smallest absolute Gasteiger partial charge is 0.343 e. The van der Waals surface area contributed by atoms with E-state index in [0.717, 1.165) is 12.8 Å². The Morgan fingerprint density at radius 1 is 0.889 bits per heavy atom. The van der Waals surface area contributed by atoms with Crippen LogP contribution < -0.4 is 10.1 Å². The van der Waals surface area contributed by atoms with Gasteiger partial charge in [-0.1, -0.05) is 49.4 Å². The van der Waals surface area contributed by atoms with Gasteiger partial charge in [-0.3, -0.25) is 14.4 Å². The van der Waals surface area contributed by atoms with Gasteiger partial charge in [0, 0.05) is 23.9 Å². The highest BCUT2D eigenvalue weighted by atomic mass is 16.5. The van der Waals surface area contributed by atoms with Crippen molar-refractivity contribution in [3.8, 4) is 5.75 Å². The second-order valence-corrected chi connectivity index (χ2v) is 10.4. The van der Waals surface area contributed by atoms with Crippen molar-refractivity contribution in [1.29, 1.82) is 0 Å². The summed E-state index contributed by atoms with van der Waals surface area (Å²) in [5.41, 5.74) is 1.69. The number of carbonyl (C=O) groups excluding carboxylic acids is 3. The van der Waals surface area contributed by atoms with Gasteiger partial charge in [-0.05, 0) is 74.9 Å². The Balaban J connectivity index is 1.54. The van der Waals surface area contributed by atoms with E-state index in [0.29, 0.717) is 34.9 Å². The molecular formula is C34H39N3O8. The second kappa shape index (κ2) is 17.8. The summed E-state index contributed by atoms with van der Waals surface area (Å²) >= 11 is 0. The highest BCUT2D eigenvalue weighted by molar-refractivity contribution is 6.02. The zero-order chi connectivity index (χ0) is 32.6. The third-order valence-electron chi connectivity index (χ3n) is 6.57. The number of hydrogen-bond acceptors (Lipinski definition) is 8. The zero-order valence-electron chi connectivity index (χ0n) is 25.8. The number of rotatable bonds is 17. The van der Waals surface area contributed by atoms with Crippen molar-refractivity contribution in [2.24, 2.45) is 0 Å². The molecule has 238 valence electrons. The standard InChI is InChI=1S/C34H39N3O8/c1-4-5-6-7-8-21-43-29-17-13-27(14-18-29)34(42)44-25(3)10-9-24(2)22-37(23-31(38)39)33(41)26-11-15-28(16-12-26)36-32(40)30-19-20-35-45-30/h9-20H,4-8,21-23H2,1-3H3,(H,36,40)(H,38,39). The van der Waals surface area contributed by atoms with Crippen molar-refractivity contribution >= 4 is 29.4 Å². The van der Waals surface area contributed by atoms with Crippen LogP contribution in [0.15, 0.2) is 88.8 Å². The predicted octanol–water partition coefficient (Wildman–Crippen LogP) is 6.51. The molecule has 0 aliphatic rings. The maximum atomic E-state index is 13.1. The number of unbranched alkanes of at least 4 members (excludes halogenated alkanes) is 4. The number of carbonyl (C=O) groups is 4. The lowest BCUT2D eigenvalue weighted by atomic mass is 10.1. The molecular weight excluding hydrogens is 578 g/mol. The summed E-state index contributed by atoms with van der Waals surface area (Å²) in [4.78, 5) is 50.5. The van der Waals surface area contributed by atoms with Crippen LogP contribution in [-0.4, -0.2) is 58.6 Å². The number of hydrogen-bond donors (Lipinski definition) is 2.